The van der Waals surface area contributed by atoms with Gasteiger partial charge in [-0.15, -0.1) is 6.58 Å². The molecule has 0 bridgehead atoms. The van der Waals surface area contributed by atoms with Crippen molar-refractivity contribution in [1.82, 2.24) is 0 Å². The SMILES string of the molecule is C=CB1C=CC(C=C)=C(C=C)O1. The Bertz CT molecular complexity index is 274. The van der Waals surface area contributed by atoms with E-state index in [0.717, 1.165) is 11.3 Å². The lowest BCUT2D eigenvalue weighted by Crippen LogP contribution is -2.15. The first-order chi connectivity index (χ1) is 5.81. The van der Waals surface area contributed by atoms with E-state index >= 15 is 0 Å². The Labute approximate surface area is 73.5 Å². The maximum atomic E-state index is 5.47. The van der Waals surface area contributed by atoms with Gasteiger partial charge in [0.1, 0.15) is 5.76 Å². The highest BCUT2D eigenvalue weighted by molar-refractivity contribution is 6.63. The average Bonchev–Trinajstić information content (AvgIpc) is 2.16. The predicted octanol–water partition coefficient (Wildman–Crippen LogP) is 2.45. The highest BCUT2D eigenvalue weighted by Gasteiger charge is 2.14. The third kappa shape index (κ3) is 1.59. The van der Waals surface area contributed by atoms with Gasteiger partial charge >= 0.3 is 6.92 Å². The summed E-state index contributed by atoms with van der Waals surface area (Å²) >= 11 is 0. The highest BCUT2D eigenvalue weighted by atomic mass is 16.4. The number of hydrogen-bond acceptors (Lipinski definition) is 1. The van der Waals surface area contributed by atoms with Crippen LogP contribution in [-0.2, 0) is 4.65 Å². The van der Waals surface area contributed by atoms with Gasteiger partial charge in [-0.1, -0.05) is 37.3 Å². The Hall–Kier alpha value is -1.44. The molecule has 1 aliphatic heterocycles. The summed E-state index contributed by atoms with van der Waals surface area (Å²) in [6.07, 6.45) is 5.38. The maximum absolute atomic E-state index is 5.47. The first kappa shape index (κ1) is 8.66. The summed E-state index contributed by atoms with van der Waals surface area (Å²) in [6, 6.07) is 0. The second-order valence-corrected chi connectivity index (χ2v) is 2.41. The molecule has 2 heteroatoms. The molecule has 1 rings (SSSR count). The van der Waals surface area contributed by atoms with Gasteiger partial charge in [0, 0.05) is 5.57 Å². The smallest absolute Gasteiger partial charge is 0.410 e. The molecule has 0 saturated carbocycles. The second kappa shape index (κ2) is 3.81. The standard InChI is InChI=1S/C10H11BO/c1-4-9-7-8-11(6-3)12-10(9)5-2/h4-8H,1-3H2. The maximum Gasteiger partial charge on any atom is 0.410 e. The van der Waals surface area contributed by atoms with Gasteiger partial charge in [0.05, 0.1) is 0 Å². The van der Waals surface area contributed by atoms with Gasteiger partial charge in [-0.25, -0.2) is 0 Å². The molecule has 0 aliphatic carbocycles. The Morgan fingerprint density at radius 2 is 2.00 bits per heavy atom. The van der Waals surface area contributed by atoms with Gasteiger partial charge in [-0.05, 0) is 6.08 Å². The zero-order chi connectivity index (χ0) is 8.97. The minimum absolute atomic E-state index is 0.0401. The highest BCUT2D eigenvalue weighted by Crippen LogP contribution is 2.17. The summed E-state index contributed by atoms with van der Waals surface area (Å²) in [7, 11) is 0. The Morgan fingerprint density at radius 1 is 1.25 bits per heavy atom. The first-order valence-corrected chi connectivity index (χ1v) is 3.78. The van der Waals surface area contributed by atoms with Gasteiger partial charge in [0.15, 0.2) is 0 Å². The average molecular weight is 158 g/mol. The van der Waals surface area contributed by atoms with E-state index < -0.39 is 0 Å². The van der Waals surface area contributed by atoms with Crippen molar-refractivity contribution < 1.29 is 4.65 Å². The van der Waals surface area contributed by atoms with E-state index in [0.29, 0.717) is 0 Å². The van der Waals surface area contributed by atoms with E-state index in [9.17, 15) is 0 Å². The van der Waals surface area contributed by atoms with Crippen LogP contribution < -0.4 is 0 Å². The molecular weight excluding hydrogens is 147 g/mol. The lowest BCUT2D eigenvalue weighted by molar-refractivity contribution is 0.463. The molecule has 1 heterocycles. The zero-order valence-electron chi connectivity index (χ0n) is 6.99. The van der Waals surface area contributed by atoms with Crippen LogP contribution in [0.3, 0.4) is 0 Å². The summed E-state index contributed by atoms with van der Waals surface area (Å²) in [4.78, 5) is 0. The largest absolute Gasteiger partial charge is 0.552 e. The van der Waals surface area contributed by atoms with Crippen molar-refractivity contribution in [3.8, 4) is 0 Å². The molecule has 0 atom stereocenters. The van der Waals surface area contributed by atoms with Gasteiger partial charge in [-0.2, -0.15) is 0 Å². The zero-order valence-corrected chi connectivity index (χ0v) is 6.99. The fraction of sp³-hybridized carbons (Fsp3) is 0. The number of allylic oxidation sites excluding steroid dienone is 4. The Balaban J connectivity index is 2.92. The van der Waals surface area contributed by atoms with Crippen LogP contribution in [0.2, 0.25) is 0 Å². The summed E-state index contributed by atoms with van der Waals surface area (Å²) in [5, 5.41) is 0. The van der Waals surface area contributed by atoms with E-state index in [2.05, 4.69) is 19.7 Å². The van der Waals surface area contributed by atoms with E-state index in [4.69, 9.17) is 4.65 Å². The molecule has 0 spiro atoms. The van der Waals surface area contributed by atoms with Gasteiger partial charge in [0.2, 0.25) is 0 Å². The van der Waals surface area contributed by atoms with Crippen LogP contribution in [0.1, 0.15) is 0 Å². The van der Waals surface area contributed by atoms with Crippen LogP contribution in [-0.4, -0.2) is 6.92 Å². The molecule has 0 amide bonds. The van der Waals surface area contributed by atoms with Crippen molar-refractivity contribution in [2.75, 3.05) is 0 Å². The molecule has 0 aromatic carbocycles. The van der Waals surface area contributed by atoms with Crippen LogP contribution >= 0.6 is 0 Å². The van der Waals surface area contributed by atoms with E-state index in [1.165, 1.54) is 0 Å². The van der Waals surface area contributed by atoms with Crippen LogP contribution in [0.15, 0.2) is 61.2 Å². The van der Waals surface area contributed by atoms with Crippen LogP contribution in [0.4, 0.5) is 0 Å². The van der Waals surface area contributed by atoms with Crippen molar-refractivity contribution >= 4 is 6.92 Å². The first-order valence-electron chi connectivity index (χ1n) is 3.78. The second-order valence-electron chi connectivity index (χ2n) is 2.41. The molecule has 0 aromatic heterocycles. The van der Waals surface area contributed by atoms with Gasteiger partial charge < -0.3 is 4.65 Å². The fourth-order valence-corrected chi connectivity index (χ4v) is 0.996. The van der Waals surface area contributed by atoms with Crippen molar-refractivity contribution in [3.05, 3.63) is 61.2 Å². The fourth-order valence-electron chi connectivity index (χ4n) is 0.996. The number of hydrogen-bond donors (Lipinski definition) is 0. The molecule has 0 N–H and O–H groups in total. The third-order valence-corrected chi connectivity index (χ3v) is 1.65. The van der Waals surface area contributed by atoms with E-state index in [1.54, 1.807) is 18.1 Å². The lowest BCUT2D eigenvalue weighted by atomic mass is 9.67. The molecule has 0 aromatic rings. The lowest BCUT2D eigenvalue weighted by Gasteiger charge is -2.16. The molecule has 1 nitrogen and oxygen atoms in total. The van der Waals surface area contributed by atoms with Crippen molar-refractivity contribution in [3.63, 3.8) is 0 Å². The summed E-state index contributed by atoms with van der Waals surface area (Å²) < 4.78 is 5.47. The summed E-state index contributed by atoms with van der Waals surface area (Å²) in [6.45, 7) is 10.9. The van der Waals surface area contributed by atoms with Gasteiger partial charge in [-0.3, -0.25) is 0 Å². The Morgan fingerprint density at radius 3 is 2.50 bits per heavy atom. The minimum Gasteiger partial charge on any atom is -0.552 e. The quantitative estimate of drug-likeness (QED) is 0.573. The Kier molecular flexibility index (Phi) is 2.75. The molecule has 0 radical (unpaired) electrons. The molecular formula is C10H11BO. The molecule has 60 valence electrons. The van der Waals surface area contributed by atoms with Crippen LogP contribution in [0, 0.1) is 0 Å². The van der Waals surface area contributed by atoms with Crippen molar-refractivity contribution in [1.29, 1.82) is 0 Å². The van der Waals surface area contributed by atoms with Crippen LogP contribution in [0.5, 0.6) is 0 Å². The number of rotatable bonds is 3. The molecule has 1 aliphatic rings. The minimum atomic E-state index is -0.0401. The van der Waals surface area contributed by atoms with E-state index in [-0.39, 0.29) is 6.92 Å². The van der Waals surface area contributed by atoms with Crippen LogP contribution in [0.25, 0.3) is 0 Å². The van der Waals surface area contributed by atoms with Crippen molar-refractivity contribution in [2.45, 2.75) is 0 Å². The normalized spacial score (nSPS) is 15.5. The van der Waals surface area contributed by atoms with Crippen molar-refractivity contribution in [2.24, 2.45) is 0 Å². The topological polar surface area (TPSA) is 9.23 Å². The van der Waals surface area contributed by atoms with E-state index in [1.807, 2.05) is 12.1 Å². The molecule has 0 unspecified atom stereocenters. The molecule has 0 saturated heterocycles. The molecule has 0 fully saturated rings. The summed E-state index contributed by atoms with van der Waals surface area (Å²) in [5.41, 5.74) is 0.961. The third-order valence-electron chi connectivity index (χ3n) is 1.65. The monoisotopic (exact) mass is 158 g/mol. The predicted molar refractivity (Wildman–Crippen MR) is 53.6 cm³/mol. The molecule has 12 heavy (non-hydrogen) atoms. The summed E-state index contributed by atoms with van der Waals surface area (Å²) in [5.74, 6) is 4.43. The van der Waals surface area contributed by atoms with Gasteiger partial charge in [0.25, 0.3) is 0 Å².